The van der Waals surface area contributed by atoms with Crippen molar-refractivity contribution in [2.24, 2.45) is 0 Å². The lowest BCUT2D eigenvalue weighted by molar-refractivity contribution is 0.254. The maximum atomic E-state index is 4.80. The molecule has 0 radical (unpaired) electrons. The number of nitrogens with zero attached hydrogens (tertiary/aromatic N) is 6. The maximum Gasteiger partial charge on any atom is 0.0887 e. The molecule has 0 saturated carbocycles. The third-order valence-electron chi connectivity index (χ3n) is 8.79. The molecule has 0 amide bonds. The Morgan fingerprint density at radius 3 is 1.44 bits per heavy atom. The van der Waals surface area contributed by atoms with Gasteiger partial charge in [-0.25, -0.2) is 0 Å². The molecule has 4 aliphatic rings. The van der Waals surface area contributed by atoms with Gasteiger partial charge < -0.3 is 9.80 Å². The molecule has 0 N–H and O–H groups in total. The van der Waals surface area contributed by atoms with E-state index in [-0.39, 0.29) is 0 Å². The van der Waals surface area contributed by atoms with E-state index in [2.05, 4.69) is 58.0 Å². The summed E-state index contributed by atoms with van der Waals surface area (Å²) in [6.45, 7) is 4.50. The summed E-state index contributed by atoms with van der Waals surface area (Å²) in [7, 11) is 4.61. The molecule has 0 aromatic carbocycles. The molecular weight excluding hydrogens is 396 g/mol. The average molecular weight is 433 g/mol. The van der Waals surface area contributed by atoms with E-state index in [9.17, 15) is 0 Å². The van der Waals surface area contributed by atoms with Gasteiger partial charge in [0.05, 0.1) is 35.2 Å². The van der Waals surface area contributed by atoms with Gasteiger partial charge >= 0.3 is 0 Å². The Bertz CT molecular complexity index is 851. The molecule has 4 unspecified atom stereocenters. The van der Waals surface area contributed by atoms with E-state index in [0.717, 1.165) is 49.7 Å². The van der Waals surface area contributed by atoms with Gasteiger partial charge in [0.25, 0.3) is 0 Å². The van der Waals surface area contributed by atoms with Crippen molar-refractivity contribution >= 4 is 11.4 Å². The molecule has 4 saturated heterocycles. The topological polar surface area (TPSA) is 38.7 Å². The summed E-state index contributed by atoms with van der Waals surface area (Å²) in [5.74, 6) is 0. The van der Waals surface area contributed by atoms with E-state index in [1.807, 2.05) is 12.4 Å². The zero-order chi connectivity index (χ0) is 21.7. The van der Waals surface area contributed by atoms with Crippen molar-refractivity contribution in [2.45, 2.75) is 62.7 Å². The predicted molar refractivity (Wildman–Crippen MR) is 130 cm³/mol. The van der Waals surface area contributed by atoms with Gasteiger partial charge in [-0.2, -0.15) is 0 Å². The van der Waals surface area contributed by atoms with Crippen molar-refractivity contribution in [3.63, 3.8) is 0 Å². The van der Waals surface area contributed by atoms with Crippen LogP contribution >= 0.6 is 0 Å². The van der Waals surface area contributed by atoms with E-state index in [0.29, 0.717) is 12.1 Å². The minimum absolute atomic E-state index is 0.686. The molecule has 4 aliphatic heterocycles. The van der Waals surface area contributed by atoms with E-state index >= 15 is 0 Å². The van der Waals surface area contributed by atoms with Crippen LogP contribution < -0.4 is 9.80 Å². The number of anilines is 2. The van der Waals surface area contributed by atoms with Crippen molar-refractivity contribution in [3.8, 4) is 11.4 Å². The second kappa shape index (κ2) is 8.31. The lowest BCUT2D eigenvalue weighted by Crippen LogP contribution is -2.36. The summed E-state index contributed by atoms with van der Waals surface area (Å²) in [4.78, 5) is 19.8. The highest BCUT2D eigenvalue weighted by molar-refractivity contribution is 5.60. The number of aromatic nitrogens is 2. The highest BCUT2D eigenvalue weighted by Gasteiger charge is 2.35. The van der Waals surface area contributed by atoms with Crippen molar-refractivity contribution in [1.29, 1.82) is 0 Å². The van der Waals surface area contributed by atoms with Crippen LogP contribution in [-0.4, -0.2) is 84.2 Å². The van der Waals surface area contributed by atoms with E-state index in [1.165, 1.54) is 49.9 Å². The van der Waals surface area contributed by atoms with Crippen LogP contribution in [0.3, 0.4) is 0 Å². The minimum Gasteiger partial charge on any atom is -0.369 e. The van der Waals surface area contributed by atoms with E-state index in [1.54, 1.807) is 0 Å². The molecule has 32 heavy (non-hydrogen) atoms. The van der Waals surface area contributed by atoms with Gasteiger partial charge in [0, 0.05) is 50.3 Å². The van der Waals surface area contributed by atoms with Crippen molar-refractivity contribution in [2.75, 3.05) is 50.1 Å². The standard InChI is InChI=1S/C26H36N6/c1-29-19-3-5-23(29)17-31(13-11-19)21-7-9-25(27-15-21)26-10-8-22(16-28-26)32-14-12-20-4-6-24(18-32)30(20)2/h7-10,15-16,19-20,23-24H,3-6,11-14,17-18H2,1-2H3. The molecule has 2 aromatic rings. The SMILES string of the molecule is CN1C2CCC1CN(c1ccc(-c3ccc(N4CCC5CCC(C4)N5C)cn3)nc1)CC2. The van der Waals surface area contributed by atoms with Crippen LogP contribution in [0.1, 0.15) is 38.5 Å². The third-order valence-corrected chi connectivity index (χ3v) is 8.79. The van der Waals surface area contributed by atoms with Gasteiger partial charge in [-0.15, -0.1) is 0 Å². The van der Waals surface area contributed by atoms with Gasteiger partial charge in [-0.1, -0.05) is 0 Å². The monoisotopic (exact) mass is 432 g/mol. The van der Waals surface area contributed by atoms with Crippen LogP contribution in [-0.2, 0) is 0 Å². The van der Waals surface area contributed by atoms with Gasteiger partial charge in [-0.3, -0.25) is 19.8 Å². The second-order valence-corrected chi connectivity index (χ2v) is 10.4. The molecule has 0 spiro atoms. The molecule has 6 heterocycles. The first-order valence-corrected chi connectivity index (χ1v) is 12.5. The quantitative estimate of drug-likeness (QED) is 0.739. The molecule has 2 aromatic heterocycles. The second-order valence-electron chi connectivity index (χ2n) is 10.4. The Hall–Kier alpha value is -2.18. The van der Waals surface area contributed by atoms with Gasteiger partial charge in [0.15, 0.2) is 0 Å². The number of rotatable bonds is 3. The molecular formula is C26H36N6. The summed E-state index contributed by atoms with van der Waals surface area (Å²) in [5.41, 5.74) is 4.41. The Balaban J connectivity index is 1.14. The van der Waals surface area contributed by atoms with Crippen molar-refractivity contribution in [1.82, 2.24) is 19.8 Å². The Kier molecular flexibility index (Phi) is 5.30. The Morgan fingerprint density at radius 2 is 1.03 bits per heavy atom. The molecule has 6 heteroatoms. The predicted octanol–water partition coefficient (Wildman–Crippen LogP) is 3.49. The van der Waals surface area contributed by atoms with E-state index < -0.39 is 0 Å². The minimum atomic E-state index is 0.686. The third kappa shape index (κ3) is 3.67. The zero-order valence-electron chi connectivity index (χ0n) is 19.5. The molecule has 6 rings (SSSR count). The fourth-order valence-corrected chi connectivity index (χ4v) is 6.54. The van der Waals surface area contributed by atoms with Crippen LogP contribution in [0.15, 0.2) is 36.7 Å². The Labute approximate surface area is 192 Å². The van der Waals surface area contributed by atoms with Gasteiger partial charge in [0.1, 0.15) is 0 Å². The fourth-order valence-electron chi connectivity index (χ4n) is 6.54. The highest BCUT2D eigenvalue weighted by atomic mass is 15.3. The van der Waals surface area contributed by atoms with Crippen LogP contribution in [0.25, 0.3) is 11.4 Å². The largest absolute Gasteiger partial charge is 0.369 e. The number of fused-ring (bicyclic) bond motifs is 4. The average Bonchev–Trinajstić information content (AvgIpc) is 3.20. The Morgan fingerprint density at radius 1 is 0.594 bits per heavy atom. The van der Waals surface area contributed by atoms with Gasteiger partial charge in [0.2, 0.25) is 0 Å². The number of hydrogen-bond acceptors (Lipinski definition) is 6. The number of pyridine rings is 2. The van der Waals surface area contributed by atoms with Crippen LogP contribution in [0.4, 0.5) is 11.4 Å². The maximum absolute atomic E-state index is 4.80. The van der Waals surface area contributed by atoms with Gasteiger partial charge in [-0.05, 0) is 76.9 Å². The van der Waals surface area contributed by atoms with Crippen molar-refractivity contribution < 1.29 is 0 Å². The lowest BCUT2D eigenvalue weighted by atomic mass is 10.1. The number of hydrogen-bond donors (Lipinski definition) is 0. The first-order valence-electron chi connectivity index (χ1n) is 12.5. The first-order chi connectivity index (χ1) is 15.7. The lowest BCUT2D eigenvalue weighted by Gasteiger charge is -2.27. The summed E-state index contributed by atoms with van der Waals surface area (Å²) in [6.07, 6.45) is 12.0. The molecule has 4 bridgehead atoms. The first kappa shape index (κ1) is 20.4. The van der Waals surface area contributed by atoms with Crippen molar-refractivity contribution in [3.05, 3.63) is 36.7 Å². The normalized spacial score (nSPS) is 31.1. The van der Waals surface area contributed by atoms with Crippen LogP contribution in [0, 0.1) is 0 Å². The molecule has 4 fully saturated rings. The van der Waals surface area contributed by atoms with Crippen LogP contribution in [0.5, 0.6) is 0 Å². The smallest absolute Gasteiger partial charge is 0.0887 e. The summed E-state index contributed by atoms with van der Waals surface area (Å²) >= 11 is 0. The number of likely N-dealkylation sites (N-methyl/N-ethyl adjacent to an activating group) is 2. The molecule has 6 nitrogen and oxygen atoms in total. The molecule has 0 aliphatic carbocycles. The summed E-state index contributed by atoms with van der Waals surface area (Å²) < 4.78 is 0. The zero-order valence-corrected chi connectivity index (χ0v) is 19.5. The van der Waals surface area contributed by atoms with Crippen LogP contribution in [0.2, 0.25) is 0 Å². The summed E-state index contributed by atoms with van der Waals surface area (Å²) in [6, 6.07) is 11.7. The molecule has 170 valence electrons. The highest BCUT2D eigenvalue weighted by Crippen LogP contribution is 2.32. The summed E-state index contributed by atoms with van der Waals surface area (Å²) in [5, 5.41) is 0. The molecule has 4 atom stereocenters. The fraction of sp³-hybridized carbons (Fsp3) is 0.615. The van der Waals surface area contributed by atoms with E-state index in [4.69, 9.17) is 9.97 Å².